The van der Waals surface area contributed by atoms with E-state index in [1.54, 1.807) is 0 Å². The first-order valence-corrected chi connectivity index (χ1v) is 8.12. The van der Waals surface area contributed by atoms with Crippen molar-refractivity contribution in [3.05, 3.63) is 0 Å². The van der Waals surface area contributed by atoms with Gasteiger partial charge in [0.2, 0.25) is 10.0 Å². The molecule has 0 radical (unpaired) electrons. The first-order chi connectivity index (χ1) is 8.43. The van der Waals surface area contributed by atoms with Gasteiger partial charge in [0.25, 0.3) is 0 Å². The summed E-state index contributed by atoms with van der Waals surface area (Å²) in [7, 11) is -1.95. The van der Waals surface area contributed by atoms with Crippen LogP contribution in [0.15, 0.2) is 0 Å². The number of hydrogen-bond donors (Lipinski definition) is 1. The summed E-state index contributed by atoms with van der Waals surface area (Å²) >= 11 is 0. The van der Waals surface area contributed by atoms with Gasteiger partial charge in [0.15, 0.2) is 0 Å². The van der Waals surface area contributed by atoms with E-state index in [4.69, 9.17) is 0 Å². The number of esters is 1. The minimum Gasteiger partial charge on any atom is -0.469 e. The van der Waals surface area contributed by atoms with Crippen molar-refractivity contribution < 1.29 is 17.9 Å². The molecule has 0 aromatic heterocycles. The average molecular weight is 277 g/mol. The van der Waals surface area contributed by atoms with Crippen molar-refractivity contribution in [3.63, 3.8) is 0 Å². The van der Waals surface area contributed by atoms with Crippen LogP contribution in [0.4, 0.5) is 0 Å². The maximum Gasteiger partial charge on any atom is 0.305 e. The summed E-state index contributed by atoms with van der Waals surface area (Å²) in [4.78, 5) is 10.9. The van der Waals surface area contributed by atoms with E-state index in [1.807, 2.05) is 0 Å². The SMILES string of the molecule is CCCC1(CNS(=O)(=O)CCCC(=O)OC)CC1. The molecule has 0 saturated heterocycles. The lowest BCUT2D eigenvalue weighted by molar-refractivity contribution is -0.140. The van der Waals surface area contributed by atoms with E-state index in [2.05, 4.69) is 16.4 Å². The van der Waals surface area contributed by atoms with Gasteiger partial charge in [-0.3, -0.25) is 4.79 Å². The molecule has 5 nitrogen and oxygen atoms in total. The second-order valence-electron chi connectivity index (χ2n) is 5.07. The van der Waals surface area contributed by atoms with Crippen molar-refractivity contribution in [1.29, 1.82) is 0 Å². The van der Waals surface area contributed by atoms with Gasteiger partial charge in [0.1, 0.15) is 0 Å². The summed E-state index contributed by atoms with van der Waals surface area (Å²) in [5, 5.41) is 0. The van der Waals surface area contributed by atoms with Crippen molar-refractivity contribution in [2.75, 3.05) is 19.4 Å². The Morgan fingerprint density at radius 2 is 2.06 bits per heavy atom. The molecule has 1 rings (SSSR count). The Morgan fingerprint density at radius 1 is 1.39 bits per heavy atom. The summed E-state index contributed by atoms with van der Waals surface area (Å²) in [5.74, 6) is -0.376. The summed E-state index contributed by atoms with van der Waals surface area (Å²) in [6.07, 6.45) is 4.86. The highest BCUT2D eigenvalue weighted by molar-refractivity contribution is 7.89. The number of ether oxygens (including phenoxy) is 1. The zero-order valence-corrected chi connectivity index (χ0v) is 12.0. The van der Waals surface area contributed by atoms with Crippen LogP contribution in [-0.4, -0.2) is 33.8 Å². The van der Waals surface area contributed by atoms with Gasteiger partial charge in [-0.1, -0.05) is 13.3 Å². The second kappa shape index (κ2) is 6.52. The summed E-state index contributed by atoms with van der Waals surface area (Å²) in [6.45, 7) is 2.66. The van der Waals surface area contributed by atoms with Crippen molar-refractivity contribution in [3.8, 4) is 0 Å². The van der Waals surface area contributed by atoms with Gasteiger partial charge in [-0.15, -0.1) is 0 Å². The van der Waals surface area contributed by atoms with Gasteiger partial charge in [-0.2, -0.15) is 0 Å². The maximum absolute atomic E-state index is 11.7. The fourth-order valence-corrected chi connectivity index (χ4v) is 3.26. The van der Waals surface area contributed by atoms with Crippen LogP contribution in [0.3, 0.4) is 0 Å². The highest BCUT2D eigenvalue weighted by atomic mass is 32.2. The van der Waals surface area contributed by atoms with Gasteiger partial charge >= 0.3 is 5.97 Å². The molecule has 0 bridgehead atoms. The number of hydrogen-bond acceptors (Lipinski definition) is 4. The van der Waals surface area contributed by atoms with E-state index in [-0.39, 0.29) is 23.6 Å². The molecular formula is C12H23NO4S. The maximum atomic E-state index is 11.7. The van der Waals surface area contributed by atoms with Crippen molar-refractivity contribution >= 4 is 16.0 Å². The lowest BCUT2D eigenvalue weighted by atomic mass is 10.0. The fourth-order valence-electron chi connectivity index (χ4n) is 2.07. The molecule has 0 aromatic rings. The smallest absolute Gasteiger partial charge is 0.305 e. The molecule has 6 heteroatoms. The van der Waals surface area contributed by atoms with E-state index < -0.39 is 10.0 Å². The van der Waals surface area contributed by atoms with Crippen LogP contribution in [0, 0.1) is 5.41 Å². The molecule has 1 saturated carbocycles. The predicted octanol–water partition coefficient (Wildman–Crippen LogP) is 1.44. The normalized spacial score (nSPS) is 17.4. The molecule has 1 aliphatic carbocycles. The lowest BCUT2D eigenvalue weighted by Crippen LogP contribution is -2.32. The third-order valence-corrected chi connectivity index (χ3v) is 4.84. The molecule has 0 aromatic carbocycles. The Labute approximate surface area is 109 Å². The van der Waals surface area contributed by atoms with Gasteiger partial charge < -0.3 is 4.74 Å². The minimum atomic E-state index is -3.25. The zero-order chi connectivity index (χ0) is 13.6. The van der Waals surface area contributed by atoms with Gasteiger partial charge in [0, 0.05) is 13.0 Å². The standard InChI is InChI=1S/C12H23NO4S/c1-3-6-12(7-8-12)10-13-18(15,16)9-4-5-11(14)17-2/h13H,3-10H2,1-2H3. The Kier molecular flexibility index (Phi) is 5.59. The average Bonchev–Trinajstić information content (AvgIpc) is 3.07. The minimum absolute atomic E-state index is 0.00962. The number of carbonyl (C=O) groups is 1. The number of rotatable bonds is 9. The largest absolute Gasteiger partial charge is 0.469 e. The van der Waals surface area contributed by atoms with Gasteiger partial charge in [0.05, 0.1) is 12.9 Å². The van der Waals surface area contributed by atoms with E-state index in [0.29, 0.717) is 13.0 Å². The second-order valence-corrected chi connectivity index (χ2v) is 7.00. The molecule has 1 N–H and O–H groups in total. The molecule has 0 unspecified atom stereocenters. The van der Waals surface area contributed by atoms with Crippen LogP contribution in [0.25, 0.3) is 0 Å². The quantitative estimate of drug-likeness (QED) is 0.647. The molecule has 0 amide bonds. The lowest BCUT2D eigenvalue weighted by Gasteiger charge is -2.14. The van der Waals surface area contributed by atoms with Gasteiger partial charge in [-0.05, 0) is 31.1 Å². The van der Waals surface area contributed by atoms with E-state index in [1.165, 1.54) is 7.11 Å². The Balaban J connectivity index is 2.25. The van der Waals surface area contributed by atoms with Crippen molar-refractivity contribution in [2.24, 2.45) is 5.41 Å². The highest BCUT2D eigenvalue weighted by Crippen LogP contribution is 2.49. The summed E-state index contributed by atoms with van der Waals surface area (Å²) in [5.41, 5.74) is 0.212. The predicted molar refractivity (Wildman–Crippen MR) is 69.6 cm³/mol. The molecule has 0 heterocycles. The Bertz CT molecular complexity index is 374. The van der Waals surface area contributed by atoms with Crippen LogP contribution >= 0.6 is 0 Å². The van der Waals surface area contributed by atoms with E-state index in [9.17, 15) is 13.2 Å². The number of nitrogens with one attached hydrogen (secondary N) is 1. The third kappa shape index (κ3) is 5.35. The summed E-state index contributed by atoms with van der Waals surface area (Å²) in [6, 6.07) is 0. The molecule has 18 heavy (non-hydrogen) atoms. The molecular weight excluding hydrogens is 254 g/mol. The van der Waals surface area contributed by atoms with Crippen LogP contribution in [-0.2, 0) is 19.6 Å². The van der Waals surface area contributed by atoms with E-state index >= 15 is 0 Å². The number of carbonyl (C=O) groups excluding carboxylic acids is 1. The zero-order valence-electron chi connectivity index (χ0n) is 11.2. The highest BCUT2D eigenvalue weighted by Gasteiger charge is 2.41. The molecule has 0 atom stereocenters. The topological polar surface area (TPSA) is 72.5 Å². The monoisotopic (exact) mass is 277 g/mol. The van der Waals surface area contributed by atoms with Crippen LogP contribution in [0.5, 0.6) is 0 Å². The van der Waals surface area contributed by atoms with Crippen LogP contribution in [0.1, 0.15) is 45.4 Å². The van der Waals surface area contributed by atoms with Crippen LogP contribution < -0.4 is 4.72 Å². The molecule has 0 aliphatic heterocycles. The Morgan fingerprint density at radius 3 is 2.56 bits per heavy atom. The van der Waals surface area contributed by atoms with Crippen molar-refractivity contribution in [2.45, 2.75) is 45.4 Å². The molecule has 1 fully saturated rings. The number of sulfonamides is 1. The summed E-state index contributed by atoms with van der Waals surface area (Å²) < 4.78 is 30.6. The van der Waals surface area contributed by atoms with Gasteiger partial charge in [-0.25, -0.2) is 13.1 Å². The Hall–Kier alpha value is -0.620. The molecule has 0 spiro atoms. The third-order valence-electron chi connectivity index (χ3n) is 3.43. The van der Waals surface area contributed by atoms with Crippen LogP contribution in [0.2, 0.25) is 0 Å². The van der Waals surface area contributed by atoms with E-state index in [0.717, 1.165) is 25.7 Å². The molecule has 106 valence electrons. The fraction of sp³-hybridized carbons (Fsp3) is 0.917. The number of methoxy groups -OCH3 is 1. The first kappa shape index (κ1) is 15.4. The molecule has 1 aliphatic rings. The van der Waals surface area contributed by atoms with Crippen molar-refractivity contribution in [1.82, 2.24) is 4.72 Å². The first-order valence-electron chi connectivity index (χ1n) is 6.47.